The van der Waals surface area contributed by atoms with Crippen LogP contribution in [0.4, 0.5) is 0 Å². The lowest BCUT2D eigenvalue weighted by Gasteiger charge is -2.18. The minimum Gasteiger partial charge on any atom is -0.316 e. The number of nitrogens with one attached hydrogen (secondary N) is 1. The number of aromatic nitrogens is 1. The molecular formula is C17H20ClN3. The van der Waals surface area contributed by atoms with Crippen LogP contribution >= 0.6 is 11.6 Å². The van der Waals surface area contributed by atoms with Crippen molar-refractivity contribution in [1.82, 2.24) is 15.2 Å². The van der Waals surface area contributed by atoms with Crippen LogP contribution in [0.3, 0.4) is 0 Å². The van der Waals surface area contributed by atoms with E-state index in [9.17, 15) is 0 Å². The summed E-state index contributed by atoms with van der Waals surface area (Å²) in [5.74, 6) is 1.64. The van der Waals surface area contributed by atoms with Gasteiger partial charge in [0, 0.05) is 30.6 Å². The van der Waals surface area contributed by atoms with Crippen molar-refractivity contribution in [1.29, 1.82) is 0 Å². The second-order valence-electron chi connectivity index (χ2n) is 6.51. The maximum atomic E-state index is 6.40. The molecule has 1 aromatic carbocycles. The zero-order chi connectivity index (χ0) is 14.4. The van der Waals surface area contributed by atoms with E-state index in [1.54, 1.807) is 0 Å². The molecule has 2 saturated heterocycles. The van der Waals surface area contributed by atoms with Gasteiger partial charge in [-0.3, -0.25) is 4.90 Å². The van der Waals surface area contributed by atoms with Gasteiger partial charge in [0.15, 0.2) is 0 Å². The Hall–Kier alpha value is -1.16. The normalized spacial score (nSPS) is 25.6. The van der Waals surface area contributed by atoms with Crippen molar-refractivity contribution < 1.29 is 0 Å². The molecule has 2 atom stereocenters. The third-order valence-corrected chi connectivity index (χ3v) is 5.19. The van der Waals surface area contributed by atoms with Crippen LogP contribution in [0.2, 0.25) is 5.15 Å². The first-order valence-electron chi connectivity index (χ1n) is 7.68. The Morgan fingerprint density at radius 3 is 2.76 bits per heavy atom. The van der Waals surface area contributed by atoms with Crippen molar-refractivity contribution in [2.75, 3.05) is 26.2 Å². The highest BCUT2D eigenvalue weighted by Gasteiger charge is 2.35. The Bertz CT molecular complexity index is 673. The molecule has 1 aromatic heterocycles. The number of hydrogen-bond acceptors (Lipinski definition) is 3. The van der Waals surface area contributed by atoms with E-state index in [4.69, 9.17) is 11.6 Å². The molecule has 3 nitrogen and oxygen atoms in total. The first kappa shape index (κ1) is 13.5. The Morgan fingerprint density at radius 2 is 2.00 bits per heavy atom. The molecule has 0 spiro atoms. The van der Waals surface area contributed by atoms with Crippen LogP contribution < -0.4 is 5.32 Å². The van der Waals surface area contributed by atoms with Crippen molar-refractivity contribution >= 4 is 22.5 Å². The summed E-state index contributed by atoms with van der Waals surface area (Å²) < 4.78 is 0. The molecule has 3 heterocycles. The molecule has 0 saturated carbocycles. The van der Waals surface area contributed by atoms with Crippen LogP contribution in [0.15, 0.2) is 24.3 Å². The molecule has 2 aliphatic heterocycles. The van der Waals surface area contributed by atoms with Crippen LogP contribution in [0.25, 0.3) is 10.9 Å². The van der Waals surface area contributed by atoms with Crippen LogP contribution in [0, 0.1) is 18.8 Å². The molecule has 2 aromatic rings. The lowest BCUT2D eigenvalue weighted by atomic mass is 10.0. The molecular weight excluding hydrogens is 282 g/mol. The molecule has 0 bridgehead atoms. The molecule has 110 valence electrons. The van der Waals surface area contributed by atoms with Gasteiger partial charge in [-0.25, -0.2) is 4.98 Å². The SMILES string of the molecule is Cc1ccc2cc(CN3C[C@H]4CNC[C@H]4C3)c(Cl)nc2c1. The fourth-order valence-electron chi connectivity index (χ4n) is 3.73. The number of fused-ring (bicyclic) bond motifs is 2. The van der Waals surface area contributed by atoms with Crippen LogP contribution in [0.5, 0.6) is 0 Å². The molecule has 2 aliphatic rings. The van der Waals surface area contributed by atoms with Gasteiger partial charge in [-0.15, -0.1) is 0 Å². The number of aryl methyl sites for hydroxylation is 1. The highest BCUT2D eigenvalue weighted by atomic mass is 35.5. The Labute approximate surface area is 130 Å². The lowest BCUT2D eigenvalue weighted by Crippen LogP contribution is -2.25. The largest absolute Gasteiger partial charge is 0.316 e. The topological polar surface area (TPSA) is 28.2 Å². The summed E-state index contributed by atoms with van der Waals surface area (Å²) in [4.78, 5) is 7.10. The first-order chi connectivity index (χ1) is 10.2. The van der Waals surface area contributed by atoms with Gasteiger partial charge in [-0.2, -0.15) is 0 Å². The number of rotatable bonds is 2. The van der Waals surface area contributed by atoms with Crippen molar-refractivity contribution in [3.63, 3.8) is 0 Å². The summed E-state index contributed by atoms with van der Waals surface area (Å²) in [6.45, 7) is 7.71. The predicted molar refractivity (Wildman–Crippen MR) is 86.6 cm³/mol. The average Bonchev–Trinajstić information content (AvgIpc) is 3.01. The van der Waals surface area contributed by atoms with Crippen molar-refractivity contribution in [2.24, 2.45) is 11.8 Å². The third-order valence-electron chi connectivity index (χ3n) is 4.86. The van der Waals surface area contributed by atoms with E-state index in [0.29, 0.717) is 5.15 Å². The zero-order valence-electron chi connectivity index (χ0n) is 12.3. The first-order valence-corrected chi connectivity index (χ1v) is 8.06. The molecule has 4 heteroatoms. The molecule has 0 amide bonds. The molecule has 0 aliphatic carbocycles. The van der Waals surface area contributed by atoms with Gasteiger partial charge >= 0.3 is 0 Å². The van der Waals surface area contributed by atoms with Gasteiger partial charge in [0.05, 0.1) is 5.52 Å². The highest BCUT2D eigenvalue weighted by molar-refractivity contribution is 6.30. The molecule has 0 radical (unpaired) electrons. The summed E-state index contributed by atoms with van der Waals surface area (Å²) in [7, 11) is 0. The molecule has 1 N–H and O–H groups in total. The second kappa shape index (κ2) is 5.24. The summed E-state index contributed by atoms with van der Waals surface area (Å²) in [5, 5.41) is 5.32. The molecule has 2 fully saturated rings. The van der Waals surface area contributed by atoms with E-state index in [2.05, 4.69) is 46.4 Å². The molecule has 21 heavy (non-hydrogen) atoms. The lowest BCUT2D eigenvalue weighted by molar-refractivity contribution is 0.305. The van der Waals surface area contributed by atoms with Crippen LogP contribution in [-0.2, 0) is 6.54 Å². The number of likely N-dealkylation sites (tertiary alicyclic amines) is 1. The van der Waals surface area contributed by atoms with Gasteiger partial charge < -0.3 is 5.32 Å². The third kappa shape index (κ3) is 2.54. The minimum atomic E-state index is 0.656. The smallest absolute Gasteiger partial charge is 0.134 e. The molecule has 4 rings (SSSR count). The summed E-state index contributed by atoms with van der Waals surface area (Å²) in [6, 6.07) is 8.57. The Kier molecular flexibility index (Phi) is 3.37. The van der Waals surface area contributed by atoms with Gasteiger partial charge in [0.2, 0.25) is 0 Å². The van der Waals surface area contributed by atoms with E-state index in [1.807, 2.05) is 0 Å². The predicted octanol–water partition coefficient (Wildman–Crippen LogP) is 2.85. The summed E-state index contributed by atoms with van der Waals surface area (Å²) in [5.41, 5.74) is 3.37. The zero-order valence-corrected chi connectivity index (χ0v) is 13.0. The number of halogens is 1. The van der Waals surface area contributed by atoms with E-state index in [-0.39, 0.29) is 0 Å². The second-order valence-corrected chi connectivity index (χ2v) is 6.86. The van der Waals surface area contributed by atoms with Gasteiger partial charge in [0.1, 0.15) is 5.15 Å². The fourth-order valence-corrected chi connectivity index (χ4v) is 3.94. The highest BCUT2D eigenvalue weighted by Crippen LogP contribution is 2.29. The summed E-state index contributed by atoms with van der Waals surface area (Å²) in [6.07, 6.45) is 0. The number of hydrogen-bond donors (Lipinski definition) is 1. The van der Waals surface area contributed by atoms with Gasteiger partial charge in [-0.05, 0) is 49.5 Å². The van der Waals surface area contributed by atoms with Gasteiger partial charge in [0.25, 0.3) is 0 Å². The fraction of sp³-hybridized carbons (Fsp3) is 0.471. The van der Waals surface area contributed by atoms with E-state index in [0.717, 1.165) is 29.5 Å². The maximum Gasteiger partial charge on any atom is 0.134 e. The maximum absolute atomic E-state index is 6.40. The standard InChI is InChI=1S/C17H20ClN3/c1-11-2-3-12-5-13(17(18)20-16(12)4-11)8-21-9-14-6-19-7-15(14)10-21/h2-5,14-15,19H,6-10H2,1H3/t14-,15+. The quantitative estimate of drug-likeness (QED) is 0.865. The van der Waals surface area contributed by atoms with Crippen LogP contribution in [-0.4, -0.2) is 36.1 Å². The average molecular weight is 302 g/mol. The summed E-state index contributed by atoms with van der Waals surface area (Å²) >= 11 is 6.40. The van der Waals surface area contributed by atoms with Crippen molar-refractivity contribution in [3.05, 3.63) is 40.5 Å². The monoisotopic (exact) mass is 301 g/mol. The molecule has 0 unspecified atom stereocenters. The van der Waals surface area contributed by atoms with Crippen LogP contribution in [0.1, 0.15) is 11.1 Å². The van der Waals surface area contributed by atoms with Gasteiger partial charge in [-0.1, -0.05) is 23.7 Å². The Morgan fingerprint density at radius 1 is 1.24 bits per heavy atom. The van der Waals surface area contributed by atoms with Crippen molar-refractivity contribution in [2.45, 2.75) is 13.5 Å². The minimum absolute atomic E-state index is 0.656. The number of benzene rings is 1. The van der Waals surface area contributed by atoms with E-state index < -0.39 is 0 Å². The van der Waals surface area contributed by atoms with E-state index >= 15 is 0 Å². The van der Waals surface area contributed by atoms with E-state index in [1.165, 1.54) is 37.1 Å². The number of nitrogens with zero attached hydrogens (tertiary/aromatic N) is 2. The van der Waals surface area contributed by atoms with Crippen molar-refractivity contribution in [3.8, 4) is 0 Å². The number of pyridine rings is 1. The Balaban J connectivity index is 1.59.